The second kappa shape index (κ2) is 7.29. The van der Waals surface area contributed by atoms with Gasteiger partial charge in [0.15, 0.2) is 0 Å². The number of nitrogens with one attached hydrogen (secondary N) is 1. The number of ether oxygens (including phenoxy) is 1. The van der Waals surface area contributed by atoms with Crippen LogP contribution in [-0.2, 0) is 4.74 Å². The van der Waals surface area contributed by atoms with Gasteiger partial charge in [0.1, 0.15) is 6.61 Å². The highest BCUT2D eigenvalue weighted by Gasteiger charge is 2.15. The van der Waals surface area contributed by atoms with Crippen LogP contribution >= 0.6 is 11.3 Å². The van der Waals surface area contributed by atoms with Crippen molar-refractivity contribution in [2.45, 2.75) is 12.8 Å². The molecule has 0 saturated carbocycles. The molecule has 1 aromatic rings. The second-order valence-corrected chi connectivity index (χ2v) is 5.47. The van der Waals surface area contributed by atoms with E-state index in [-0.39, 0.29) is 12.5 Å². The summed E-state index contributed by atoms with van der Waals surface area (Å²) in [4.78, 5) is 13.4. The summed E-state index contributed by atoms with van der Waals surface area (Å²) in [6, 6.07) is 3.57. The number of carbonyl (C=O) groups excluding carboxylic acids is 1. The van der Waals surface area contributed by atoms with Crippen molar-refractivity contribution >= 4 is 17.2 Å². The van der Waals surface area contributed by atoms with Gasteiger partial charge in [0.2, 0.25) is 0 Å². The Balaban J connectivity index is 1.83. The molecule has 1 aliphatic rings. The first-order chi connectivity index (χ1) is 9.29. The number of rotatable bonds is 3. The summed E-state index contributed by atoms with van der Waals surface area (Å²) in [5.74, 6) is 5.84. The van der Waals surface area contributed by atoms with Crippen molar-refractivity contribution in [3.05, 3.63) is 21.9 Å². The number of amides is 1. The molecule has 2 N–H and O–H groups in total. The Morgan fingerprint density at radius 3 is 3.00 bits per heavy atom. The van der Waals surface area contributed by atoms with Crippen LogP contribution in [0.5, 0.6) is 0 Å². The number of hydrogen-bond acceptors (Lipinski definition) is 4. The van der Waals surface area contributed by atoms with Gasteiger partial charge in [-0.3, -0.25) is 4.79 Å². The van der Waals surface area contributed by atoms with Crippen molar-refractivity contribution in [2.24, 2.45) is 5.92 Å². The molecule has 2 heterocycles. The lowest BCUT2D eigenvalue weighted by Gasteiger charge is -2.21. The summed E-state index contributed by atoms with van der Waals surface area (Å²) >= 11 is 1.35. The molecule has 0 unspecified atom stereocenters. The summed E-state index contributed by atoms with van der Waals surface area (Å²) in [6.07, 6.45) is 2.02. The Kier molecular flexibility index (Phi) is 5.40. The summed E-state index contributed by atoms with van der Waals surface area (Å²) in [5, 5.41) is 11.6. The summed E-state index contributed by atoms with van der Waals surface area (Å²) in [6.45, 7) is 2.13. The fourth-order valence-electron chi connectivity index (χ4n) is 1.93. The average Bonchev–Trinajstić information content (AvgIpc) is 2.92. The van der Waals surface area contributed by atoms with E-state index in [0.717, 1.165) is 30.9 Å². The highest BCUT2D eigenvalue weighted by molar-refractivity contribution is 7.14. The highest BCUT2D eigenvalue weighted by atomic mass is 32.1. The van der Waals surface area contributed by atoms with Crippen molar-refractivity contribution in [2.75, 3.05) is 26.4 Å². The van der Waals surface area contributed by atoms with Crippen molar-refractivity contribution in [3.8, 4) is 11.8 Å². The van der Waals surface area contributed by atoms with Crippen LogP contribution in [0.25, 0.3) is 0 Å². The van der Waals surface area contributed by atoms with E-state index in [0.29, 0.717) is 17.3 Å². The third-order valence-corrected chi connectivity index (χ3v) is 4.01. The Hall–Kier alpha value is -1.35. The van der Waals surface area contributed by atoms with Gasteiger partial charge in [0.05, 0.1) is 9.75 Å². The van der Waals surface area contributed by atoms with Gasteiger partial charge >= 0.3 is 0 Å². The summed E-state index contributed by atoms with van der Waals surface area (Å²) in [7, 11) is 0. The maximum atomic E-state index is 11.9. The predicted molar refractivity (Wildman–Crippen MR) is 74.2 cm³/mol. The minimum Gasteiger partial charge on any atom is -0.384 e. The maximum Gasteiger partial charge on any atom is 0.261 e. The van der Waals surface area contributed by atoms with Crippen molar-refractivity contribution in [1.29, 1.82) is 0 Å². The smallest absolute Gasteiger partial charge is 0.261 e. The van der Waals surface area contributed by atoms with E-state index < -0.39 is 0 Å². The highest BCUT2D eigenvalue weighted by Crippen LogP contribution is 2.16. The molecule has 2 rings (SSSR count). The number of carbonyl (C=O) groups is 1. The van der Waals surface area contributed by atoms with Gasteiger partial charge < -0.3 is 15.2 Å². The van der Waals surface area contributed by atoms with Gasteiger partial charge in [-0.05, 0) is 30.9 Å². The van der Waals surface area contributed by atoms with Crippen LogP contribution in [0, 0.1) is 17.8 Å². The zero-order chi connectivity index (χ0) is 13.5. The molecular weight excluding hydrogens is 262 g/mol. The SMILES string of the molecule is O=C(NCC1CCOCC1)c1ccc(C#CCO)s1. The van der Waals surface area contributed by atoms with Gasteiger partial charge in [0.25, 0.3) is 5.91 Å². The van der Waals surface area contributed by atoms with Crippen LogP contribution in [0.3, 0.4) is 0 Å². The van der Waals surface area contributed by atoms with E-state index in [9.17, 15) is 4.79 Å². The fraction of sp³-hybridized carbons (Fsp3) is 0.500. The first kappa shape index (κ1) is 14.1. The van der Waals surface area contributed by atoms with Gasteiger partial charge in [-0.2, -0.15) is 0 Å². The third-order valence-electron chi connectivity index (χ3n) is 3.01. The zero-order valence-electron chi connectivity index (χ0n) is 10.6. The van der Waals surface area contributed by atoms with E-state index in [2.05, 4.69) is 17.2 Å². The molecule has 0 aliphatic carbocycles. The van der Waals surface area contributed by atoms with Crippen LogP contribution < -0.4 is 5.32 Å². The molecule has 1 aromatic heterocycles. The lowest BCUT2D eigenvalue weighted by molar-refractivity contribution is 0.0643. The van der Waals surface area contributed by atoms with E-state index in [1.54, 1.807) is 12.1 Å². The van der Waals surface area contributed by atoms with E-state index in [4.69, 9.17) is 9.84 Å². The molecule has 1 aliphatic heterocycles. The van der Waals surface area contributed by atoms with E-state index in [1.807, 2.05) is 0 Å². The monoisotopic (exact) mass is 279 g/mol. The second-order valence-electron chi connectivity index (χ2n) is 4.39. The standard InChI is InChI=1S/C14H17NO3S/c16-7-1-2-12-3-4-13(19-12)14(17)15-10-11-5-8-18-9-6-11/h3-4,11,16H,5-10H2,(H,15,17). The molecule has 5 heteroatoms. The quantitative estimate of drug-likeness (QED) is 0.819. The minimum absolute atomic E-state index is 0.0476. The fourth-order valence-corrected chi connectivity index (χ4v) is 2.73. The van der Waals surface area contributed by atoms with Crippen LogP contribution in [0.4, 0.5) is 0 Å². The number of aliphatic hydroxyl groups is 1. The minimum atomic E-state index is -0.164. The molecule has 1 saturated heterocycles. The number of aliphatic hydroxyl groups excluding tert-OH is 1. The Bertz CT molecular complexity index is 480. The lowest BCUT2D eigenvalue weighted by atomic mass is 10.0. The molecule has 0 radical (unpaired) electrons. The Labute approximate surface area is 116 Å². The maximum absolute atomic E-state index is 11.9. The van der Waals surface area contributed by atoms with Crippen LogP contribution in [0.1, 0.15) is 27.4 Å². The third kappa shape index (κ3) is 4.35. The largest absolute Gasteiger partial charge is 0.384 e. The molecule has 0 aromatic carbocycles. The van der Waals surface area contributed by atoms with Gasteiger partial charge in [-0.25, -0.2) is 0 Å². The molecule has 1 amide bonds. The van der Waals surface area contributed by atoms with Crippen LogP contribution in [-0.4, -0.2) is 37.4 Å². The number of thiophene rings is 1. The van der Waals surface area contributed by atoms with Crippen molar-refractivity contribution in [3.63, 3.8) is 0 Å². The normalized spacial score (nSPS) is 15.6. The molecule has 1 fully saturated rings. The average molecular weight is 279 g/mol. The summed E-state index contributed by atoms with van der Waals surface area (Å²) < 4.78 is 5.29. The van der Waals surface area contributed by atoms with Crippen LogP contribution in [0.15, 0.2) is 12.1 Å². The topological polar surface area (TPSA) is 58.6 Å². The summed E-state index contributed by atoms with van der Waals surface area (Å²) in [5.41, 5.74) is 0. The molecule has 102 valence electrons. The molecule has 19 heavy (non-hydrogen) atoms. The van der Waals surface area contributed by atoms with Crippen molar-refractivity contribution in [1.82, 2.24) is 5.32 Å². The Morgan fingerprint density at radius 2 is 2.26 bits per heavy atom. The molecule has 4 nitrogen and oxygen atoms in total. The van der Waals surface area contributed by atoms with Gasteiger partial charge in [-0.15, -0.1) is 11.3 Å². The molecule has 0 atom stereocenters. The molecular formula is C14H17NO3S. The Morgan fingerprint density at radius 1 is 1.47 bits per heavy atom. The zero-order valence-corrected chi connectivity index (χ0v) is 11.5. The first-order valence-corrected chi connectivity index (χ1v) is 7.16. The predicted octanol–water partition coefficient (Wildman–Crippen LogP) is 1.25. The number of hydrogen-bond donors (Lipinski definition) is 2. The van der Waals surface area contributed by atoms with E-state index >= 15 is 0 Å². The van der Waals surface area contributed by atoms with Crippen molar-refractivity contribution < 1.29 is 14.6 Å². The molecule has 0 bridgehead atoms. The lowest BCUT2D eigenvalue weighted by Crippen LogP contribution is -2.31. The van der Waals surface area contributed by atoms with Gasteiger partial charge in [0, 0.05) is 19.8 Å². The first-order valence-electron chi connectivity index (χ1n) is 6.35. The van der Waals surface area contributed by atoms with E-state index in [1.165, 1.54) is 11.3 Å². The molecule has 0 spiro atoms. The van der Waals surface area contributed by atoms with Crippen LogP contribution in [0.2, 0.25) is 0 Å². The van der Waals surface area contributed by atoms with Gasteiger partial charge in [-0.1, -0.05) is 11.8 Å².